The molecular formula is C18H22F2N4O2S. The summed E-state index contributed by atoms with van der Waals surface area (Å²) in [6.07, 6.45) is 1.41. The normalized spacial score (nSPS) is 17.2. The third-order valence-electron chi connectivity index (χ3n) is 4.74. The van der Waals surface area contributed by atoms with E-state index in [0.29, 0.717) is 37.3 Å². The standard InChI is InChI=1S/C18H22F2N4O2S/c1-3-23(4-2)18(26)24-7-5-6-11(10-24)16(25)22-17-21-15-13(20)8-12(19)9-14(15)27-17/h8-9,11H,3-7,10H2,1-2H3,(H,21,22,25). The Hall–Kier alpha value is -2.29. The topological polar surface area (TPSA) is 65.5 Å². The number of nitrogens with one attached hydrogen (secondary N) is 1. The van der Waals surface area contributed by atoms with Crippen LogP contribution < -0.4 is 5.32 Å². The van der Waals surface area contributed by atoms with E-state index >= 15 is 0 Å². The molecule has 0 radical (unpaired) electrons. The maximum Gasteiger partial charge on any atom is 0.320 e. The summed E-state index contributed by atoms with van der Waals surface area (Å²) in [4.78, 5) is 32.6. The average Bonchev–Trinajstić information content (AvgIpc) is 3.05. The summed E-state index contributed by atoms with van der Waals surface area (Å²) in [7, 11) is 0. The number of rotatable bonds is 4. The van der Waals surface area contributed by atoms with Crippen molar-refractivity contribution in [3.05, 3.63) is 23.8 Å². The molecule has 1 unspecified atom stereocenters. The van der Waals surface area contributed by atoms with Crippen molar-refractivity contribution >= 4 is 38.6 Å². The van der Waals surface area contributed by atoms with Crippen LogP contribution in [-0.2, 0) is 4.79 Å². The molecule has 9 heteroatoms. The molecule has 0 saturated carbocycles. The Kier molecular flexibility index (Phi) is 5.88. The second-order valence-corrected chi connectivity index (χ2v) is 7.51. The number of halogens is 2. The number of benzene rings is 1. The second kappa shape index (κ2) is 8.16. The third-order valence-corrected chi connectivity index (χ3v) is 5.66. The summed E-state index contributed by atoms with van der Waals surface area (Å²) < 4.78 is 27.4. The fraction of sp³-hybridized carbons (Fsp3) is 0.500. The molecule has 1 N–H and O–H groups in total. The molecule has 3 rings (SSSR count). The van der Waals surface area contributed by atoms with Crippen LogP contribution in [0, 0.1) is 17.6 Å². The van der Waals surface area contributed by atoms with E-state index in [9.17, 15) is 18.4 Å². The molecule has 0 spiro atoms. The van der Waals surface area contributed by atoms with Gasteiger partial charge in [-0.3, -0.25) is 4.79 Å². The SMILES string of the molecule is CCN(CC)C(=O)N1CCCC(C(=O)Nc2nc3c(F)cc(F)cc3s2)C1. The minimum Gasteiger partial charge on any atom is -0.325 e. The van der Waals surface area contributed by atoms with Gasteiger partial charge in [-0.15, -0.1) is 0 Å². The van der Waals surface area contributed by atoms with Gasteiger partial charge in [0.25, 0.3) is 0 Å². The Bertz CT molecular complexity index is 853. The Morgan fingerprint density at radius 2 is 2.07 bits per heavy atom. The molecular weight excluding hydrogens is 374 g/mol. The van der Waals surface area contributed by atoms with Crippen LogP contribution in [0.1, 0.15) is 26.7 Å². The maximum atomic E-state index is 13.8. The van der Waals surface area contributed by atoms with Crippen molar-refractivity contribution in [1.29, 1.82) is 0 Å². The largest absolute Gasteiger partial charge is 0.325 e. The zero-order valence-corrected chi connectivity index (χ0v) is 16.1. The first-order valence-electron chi connectivity index (χ1n) is 9.03. The second-order valence-electron chi connectivity index (χ2n) is 6.48. The Morgan fingerprint density at radius 1 is 1.33 bits per heavy atom. The molecule has 1 aromatic heterocycles. The van der Waals surface area contributed by atoms with Gasteiger partial charge in [0.15, 0.2) is 10.9 Å². The Labute approximate surface area is 160 Å². The van der Waals surface area contributed by atoms with Gasteiger partial charge < -0.3 is 15.1 Å². The minimum atomic E-state index is -0.754. The lowest BCUT2D eigenvalue weighted by Gasteiger charge is -2.35. The molecule has 27 heavy (non-hydrogen) atoms. The molecule has 3 amide bonds. The fourth-order valence-electron chi connectivity index (χ4n) is 3.28. The number of urea groups is 1. The quantitative estimate of drug-likeness (QED) is 0.857. The Balaban J connectivity index is 1.69. The molecule has 0 bridgehead atoms. The number of thiazole rings is 1. The summed E-state index contributed by atoms with van der Waals surface area (Å²) in [5.41, 5.74) is 0.0404. The molecule has 1 atom stereocenters. The van der Waals surface area contributed by atoms with Gasteiger partial charge in [0.2, 0.25) is 5.91 Å². The molecule has 2 aromatic rings. The van der Waals surface area contributed by atoms with Crippen molar-refractivity contribution in [2.45, 2.75) is 26.7 Å². The predicted octanol–water partition coefficient (Wildman–Crippen LogP) is 3.69. The van der Waals surface area contributed by atoms with Gasteiger partial charge in [0, 0.05) is 32.2 Å². The van der Waals surface area contributed by atoms with E-state index in [1.807, 2.05) is 13.8 Å². The van der Waals surface area contributed by atoms with Crippen molar-refractivity contribution in [2.75, 3.05) is 31.5 Å². The van der Waals surface area contributed by atoms with Gasteiger partial charge in [0.05, 0.1) is 10.6 Å². The summed E-state index contributed by atoms with van der Waals surface area (Å²) in [6, 6.07) is 1.90. The molecule has 1 fully saturated rings. The number of piperidine rings is 1. The monoisotopic (exact) mass is 396 g/mol. The number of amides is 3. The molecule has 2 heterocycles. The van der Waals surface area contributed by atoms with E-state index in [2.05, 4.69) is 10.3 Å². The van der Waals surface area contributed by atoms with Gasteiger partial charge in [0.1, 0.15) is 11.3 Å². The smallest absolute Gasteiger partial charge is 0.320 e. The number of hydrogen-bond acceptors (Lipinski definition) is 4. The highest BCUT2D eigenvalue weighted by atomic mass is 32.1. The summed E-state index contributed by atoms with van der Waals surface area (Å²) in [5.74, 6) is -2.05. The number of aromatic nitrogens is 1. The van der Waals surface area contributed by atoms with E-state index in [4.69, 9.17) is 0 Å². The van der Waals surface area contributed by atoms with Crippen molar-refractivity contribution in [1.82, 2.24) is 14.8 Å². The molecule has 146 valence electrons. The van der Waals surface area contributed by atoms with Crippen LogP contribution in [0.15, 0.2) is 12.1 Å². The van der Waals surface area contributed by atoms with Crippen LogP contribution in [0.25, 0.3) is 10.2 Å². The third kappa shape index (κ3) is 4.18. The lowest BCUT2D eigenvalue weighted by Crippen LogP contribution is -2.49. The highest BCUT2D eigenvalue weighted by Gasteiger charge is 2.30. The van der Waals surface area contributed by atoms with E-state index in [0.717, 1.165) is 23.8 Å². The van der Waals surface area contributed by atoms with E-state index in [-0.39, 0.29) is 28.5 Å². The van der Waals surface area contributed by atoms with Crippen molar-refractivity contribution in [3.8, 4) is 0 Å². The van der Waals surface area contributed by atoms with Gasteiger partial charge in [-0.2, -0.15) is 0 Å². The zero-order valence-electron chi connectivity index (χ0n) is 15.3. The van der Waals surface area contributed by atoms with E-state index in [1.54, 1.807) is 9.80 Å². The highest BCUT2D eigenvalue weighted by Crippen LogP contribution is 2.29. The van der Waals surface area contributed by atoms with Crippen LogP contribution >= 0.6 is 11.3 Å². The van der Waals surface area contributed by atoms with E-state index in [1.165, 1.54) is 6.07 Å². The van der Waals surface area contributed by atoms with Gasteiger partial charge >= 0.3 is 6.03 Å². The molecule has 6 nitrogen and oxygen atoms in total. The summed E-state index contributed by atoms with van der Waals surface area (Å²) >= 11 is 1.03. The summed E-state index contributed by atoms with van der Waals surface area (Å²) in [6.45, 7) is 6.06. The first-order valence-corrected chi connectivity index (χ1v) is 9.84. The first kappa shape index (κ1) is 19.5. The molecule has 1 saturated heterocycles. The van der Waals surface area contributed by atoms with Gasteiger partial charge in [-0.1, -0.05) is 11.3 Å². The van der Waals surface area contributed by atoms with Crippen LogP contribution in [0.5, 0.6) is 0 Å². The number of anilines is 1. The zero-order chi connectivity index (χ0) is 19.6. The van der Waals surface area contributed by atoms with Gasteiger partial charge in [-0.25, -0.2) is 18.6 Å². The van der Waals surface area contributed by atoms with Crippen molar-refractivity contribution in [2.24, 2.45) is 5.92 Å². The summed E-state index contributed by atoms with van der Waals surface area (Å²) in [5, 5.41) is 2.92. The first-order chi connectivity index (χ1) is 12.9. The number of hydrogen-bond donors (Lipinski definition) is 1. The Morgan fingerprint density at radius 3 is 2.78 bits per heavy atom. The average molecular weight is 396 g/mol. The number of nitrogens with zero attached hydrogens (tertiary/aromatic N) is 3. The lowest BCUT2D eigenvalue weighted by atomic mass is 9.97. The number of carbonyl (C=O) groups is 2. The lowest BCUT2D eigenvalue weighted by molar-refractivity contribution is -0.121. The van der Waals surface area contributed by atoms with E-state index < -0.39 is 11.6 Å². The maximum absolute atomic E-state index is 13.8. The van der Waals surface area contributed by atoms with Crippen LogP contribution in [0.3, 0.4) is 0 Å². The highest BCUT2D eigenvalue weighted by molar-refractivity contribution is 7.22. The van der Waals surface area contributed by atoms with Crippen LogP contribution in [0.4, 0.5) is 18.7 Å². The number of likely N-dealkylation sites (tertiary alicyclic amines) is 1. The van der Waals surface area contributed by atoms with Crippen LogP contribution in [0.2, 0.25) is 0 Å². The fourth-order valence-corrected chi connectivity index (χ4v) is 4.19. The number of fused-ring (bicyclic) bond motifs is 1. The van der Waals surface area contributed by atoms with Crippen molar-refractivity contribution in [3.63, 3.8) is 0 Å². The molecule has 1 aromatic carbocycles. The van der Waals surface area contributed by atoms with Crippen molar-refractivity contribution < 1.29 is 18.4 Å². The molecule has 1 aliphatic rings. The van der Waals surface area contributed by atoms with Gasteiger partial charge in [-0.05, 0) is 32.8 Å². The molecule has 0 aliphatic carbocycles. The minimum absolute atomic E-state index is 0.0404. The number of carbonyl (C=O) groups excluding carboxylic acids is 2. The van der Waals surface area contributed by atoms with Crippen LogP contribution in [-0.4, -0.2) is 52.9 Å². The molecule has 1 aliphatic heterocycles. The predicted molar refractivity (Wildman–Crippen MR) is 101 cm³/mol.